The number of nitrogens with zero attached hydrogens (tertiary/aromatic N) is 6. The molecule has 154 valence electrons. The average Bonchev–Trinajstić information content (AvgIpc) is 3.19. The van der Waals surface area contributed by atoms with E-state index in [1.54, 1.807) is 10.7 Å². The van der Waals surface area contributed by atoms with Gasteiger partial charge in [0.25, 0.3) is 5.56 Å². The molecule has 1 aliphatic heterocycles. The average molecular weight is 395 g/mol. The lowest BCUT2D eigenvalue weighted by molar-refractivity contribution is 0.241. The van der Waals surface area contributed by atoms with Crippen molar-refractivity contribution in [3.05, 3.63) is 45.0 Å². The van der Waals surface area contributed by atoms with E-state index >= 15 is 0 Å². The van der Waals surface area contributed by atoms with E-state index in [-0.39, 0.29) is 5.56 Å². The molecule has 1 unspecified atom stereocenters. The van der Waals surface area contributed by atoms with Gasteiger partial charge in [-0.1, -0.05) is 6.92 Å². The van der Waals surface area contributed by atoms with E-state index in [0.717, 1.165) is 87.8 Å². The van der Waals surface area contributed by atoms with Crippen molar-refractivity contribution in [2.45, 2.75) is 52.0 Å². The van der Waals surface area contributed by atoms with E-state index in [0.29, 0.717) is 6.54 Å². The molecule has 1 saturated heterocycles. The van der Waals surface area contributed by atoms with Crippen molar-refractivity contribution in [2.24, 2.45) is 5.92 Å². The topological polar surface area (TPSA) is 67.2 Å². The first kappa shape index (κ1) is 18.7. The SMILES string of the molecule is CC1CCc2nnc(N3CCN(CCn4nc5c(cc4=O)CCC5)CC3)cc2C1. The van der Waals surface area contributed by atoms with Crippen LogP contribution in [-0.4, -0.2) is 57.6 Å². The molecule has 29 heavy (non-hydrogen) atoms. The molecule has 3 aliphatic rings. The van der Waals surface area contributed by atoms with E-state index < -0.39 is 0 Å². The summed E-state index contributed by atoms with van der Waals surface area (Å²) in [5.74, 6) is 1.77. The first-order valence-electron chi connectivity index (χ1n) is 11.1. The zero-order chi connectivity index (χ0) is 19.8. The maximum atomic E-state index is 12.3. The van der Waals surface area contributed by atoms with Crippen LogP contribution < -0.4 is 10.5 Å². The van der Waals surface area contributed by atoms with Gasteiger partial charge in [-0.2, -0.15) is 10.2 Å². The van der Waals surface area contributed by atoms with Gasteiger partial charge in [0.1, 0.15) is 0 Å². The third-order valence-electron chi connectivity index (χ3n) is 6.74. The number of aromatic nitrogens is 4. The second-order valence-corrected chi connectivity index (χ2v) is 8.88. The summed E-state index contributed by atoms with van der Waals surface area (Å²) < 4.78 is 1.66. The van der Waals surface area contributed by atoms with Gasteiger partial charge in [-0.3, -0.25) is 9.69 Å². The van der Waals surface area contributed by atoms with Gasteiger partial charge in [0.15, 0.2) is 5.82 Å². The third-order valence-corrected chi connectivity index (χ3v) is 6.74. The molecule has 1 fully saturated rings. The number of hydrogen-bond donors (Lipinski definition) is 0. The molecule has 0 aromatic carbocycles. The molecule has 2 aliphatic carbocycles. The summed E-state index contributed by atoms with van der Waals surface area (Å²) in [6.45, 7) is 7.73. The molecule has 0 radical (unpaired) electrons. The molecular formula is C22H30N6O. The highest BCUT2D eigenvalue weighted by molar-refractivity contribution is 5.42. The molecule has 0 spiro atoms. The Labute approximate surface area is 171 Å². The normalized spacial score (nSPS) is 21.8. The van der Waals surface area contributed by atoms with Gasteiger partial charge in [-0.15, -0.1) is 5.10 Å². The van der Waals surface area contributed by atoms with E-state index in [1.807, 2.05) is 0 Å². The maximum absolute atomic E-state index is 12.3. The number of fused-ring (bicyclic) bond motifs is 2. The number of rotatable bonds is 4. The summed E-state index contributed by atoms with van der Waals surface area (Å²) in [5, 5.41) is 13.6. The van der Waals surface area contributed by atoms with Crippen LogP contribution in [0.5, 0.6) is 0 Å². The third kappa shape index (κ3) is 3.92. The molecule has 7 heteroatoms. The first-order chi connectivity index (χ1) is 14.2. The lowest BCUT2D eigenvalue weighted by atomic mass is 9.88. The van der Waals surface area contributed by atoms with Crippen LogP contribution in [0.3, 0.4) is 0 Å². The van der Waals surface area contributed by atoms with Crippen LogP contribution >= 0.6 is 0 Å². The van der Waals surface area contributed by atoms with Crippen molar-refractivity contribution >= 4 is 5.82 Å². The number of aryl methyl sites for hydroxylation is 3. The largest absolute Gasteiger partial charge is 0.353 e. The number of anilines is 1. The van der Waals surface area contributed by atoms with Crippen molar-refractivity contribution in [1.82, 2.24) is 24.9 Å². The van der Waals surface area contributed by atoms with Gasteiger partial charge in [-0.05, 0) is 61.6 Å². The van der Waals surface area contributed by atoms with Crippen LogP contribution in [0.1, 0.15) is 42.3 Å². The number of piperazine rings is 1. The van der Waals surface area contributed by atoms with Crippen LogP contribution in [-0.2, 0) is 32.2 Å². The van der Waals surface area contributed by atoms with Gasteiger partial charge < -0.3 is 4.90 Å². The Morgan fingerprint density at radius 1 is 0.966 bits per heavy atom. The molecule has 3 heterocycles. The Hall–Kier alpha value is -2.28. The Kier molecular flexibility index (Phi) is 5.08. The lowest BCUT2D eigenvalue weighted by Crippen LogP contribution is -2.48. The van der Waals surface area contributed by atoms with Crippen LogP contribution in [0.15, 0.2) is 16.9 Å². The molecule has 2 aromatic rings. The van der Waals surface area contributed by atoms with Crippen molar-refractivity contribution in [1.29, 1.82) is 0 Å². The summed E-state index contributed by atoms with van der Waals surface area (Å²) >= 11 is 0. The number of hydrogen-bond acceptors (Lipinski definition) is 6. The molecule has 0 saturated carbocycles. The van der Waals surface area contributed by atoms with Crippen molar-refractivity contribution in [3.8, 4) is 0 Å². The fraction of sp³-hybridized carbons (Fsp3) is 0.636. The predicted molar refractivity (Wildman–Crippen MR) is 112 cm³/mol. The first-order valence-corrected chi connectivity index (χ1v) is 11.1. The highest BCUT2D eigenvalue weighted by atomic mass is 16.1. The molecule has 5 rings (SSSR count). The highest BCUT2D eigenvalue weighted by Gasteiger charge is 2.22. The fourth-order valence-electron chi connectivity index (χ4n) is 4.88. The molecule has 1 atom stereocenters. The summed E-state index contributed by atoms with van der Waals surface area (Å²) in [6, 6.07) is 4.06. The highest BCUT2D eigenvalue weighted by Crippen LogP contribution is 2.26. The van der Waals surface area contributed by atoms with E-state index in [2.05, 4.69) is 38.1 Å². The van der Waals surface area contributed by atoms with Crippen LogP contribution in [0.2, 0.25) is 0 Å². The molecule has 0 N–H and O–H groups in total. The summed E-state index contributed by atoms with van der Waals surface area (Å²) in [5.41, 5.74) is 4.90. The van der Waals surface area contributed by atoms with E-state index in [4.69, 9.17) is 0 Å². The van der Waals surface area contributed by atoms with Crippen molar-refractivity contribution in [2.75, 3.05) is 37.6 Å². The summed E-state index contributed by atoms with van der Waals surface area (Å²) in [6.07, 6.45) is 6.55. The smallest absolute Gasteiger partial charge is 0.267 e. The minimum absolute atomic E-state index is 0.0443. The van der Waals surface area contributed by atoms with Gasteiger partial charge in [0.05, 0.1) is 17.9 Å². The molecule has 7 nitrogen and oxygen atoms in total. The molecule has 0 amide bonds. The van der Waals surface area contributed by atoms with E-state index in [9.17, 15) is 4.79 Å². The lowest BCUT2D eigenvalue weighted by Gasteiger charge is -2.35. The van der Waals surface area contributed by atoms with Gasteiger partial charge in [0, 0.05) is 38.8 Å². The Morgan fingerprint density at radius 2 is 1.83 bits per heavy atom. The fourth-order valence-corrected chi connectivity index (χ4v) is 4.88. The Bertz CT molecular complexity index is 947. The molecule has 0 bridgehead atoms. The van der Waals surface area contributed by atoms with Gasteiger partial charge in [-0.25, -0.2) is 4.68 Å². The Balaban J connectivity index is 1.17. The quantitative estimate of drug-likeness (QED) is 0.782. The summed E-state index contributed by atoms with van der Waals surface area (Å²) in [7, 11) is 0. The van der Waals surface area contributed by atoms with Gasteiger partial charge in [0.2, 0.25) is 0 Å². The van der Waals surface area contributed by atoms with Crippen molar-refractivity contribution < 1.29 is 0 Å². The van der Waals surface area contributed by atoms with Crippen LogP contribution in [0, 0.1) is 5.92 Å². The Morgan fingerprint density at radius 3 is 2.69 bits per heavy atom. The zero-order valence-electron chi connectivity index (χ0n) is 17.3. The van der Waals surface area contributed by atoms with E-state index in [1.165, 1.54) is 17.7 Å². The standard InChI is InChI=1S/C22H30N6O/c1-16-5-6-19-18(13-16)14-21(24-23-19)27-10-7-26(8-11-27)9-12-28-22(29)15-17-3-2-4-20(17)25-28/h14-16H,2-13H2,1H3. The minimum Gasteiger partial charge on any atom is -0.353 e. The molecule has 2 aromatic heterocycles. The monoisotopic (exact) mass is 394 g/mol. The van der Waals surface area contributed by atoms with Gasteiger partial charge >= 0.3 is 0 Å². The van der Waals surface area contributed by atoms with Crippen LogP contribution in [0.4, 0.5) is 5.82 Å². The second kappa shape index (κ2) is 7.86. The summed E-state index contributed by atoms with van der Waals surface area (Å²) in [4.78, 5) is 17.1. The minimum atomic E-state index is 0.0443. The second-order valence-electron chi connectivity index (χ2n) is 8.88. The van der Waals surface area contributed by atoms with Crippen molar-refractivity contribution in [3.63, 3.8) is 0 Å². The zero-order valence-corrected chi connectivity index (χ0v) is 17.3. The maximum Gasteiger partial charge on any atom is 0.267 e. The van der Waals surface area contributed by atoms with Crippen LogP contribution in [0.25, 0.3) is 0 Å². The molecular weight excluding hydrogens is 364 g/mol. The predicted octanol–water partition coefficient (Wildman–Crippen LogP) is 1.47.